The van der Waals surface area contributed by atoms with E-state index < -0.39 is 24.5 Å². The lowest BCUT2D eigenvalue weighted by Gasteiger charge is -2.20. The summed E-state index contributed by atoms with van der Waals surface area (Å²) in [7, 11) is 1.60. The maximum atomic E-state index is 12.6. The van der Waals surface area contributed by atoms with Gasteiger partial charge in [0.15, 0.2) is 6.61 Å². The van der Waals surface area contributed by atoms with Gasteiger partial charge < -0.3 is 19.2 Å². The first-order chi connectivity index (χ1) is 15.1. The van der Waals surface area contributed by atoms with E-state index in [1.807, 2.05) is 72.8 Å². The van der Waals surface area contributed by atoms with Crippen molar-refractivity contribution in [1.82, 2.24) is 5.32 Å². The lowest BCUT2D eigenvalue weighted by atomic mass is 9.98. The predicted octanol–water partition coefficient (Wildman–Crippen LogP) is 4.50. The smallest absolute Gasteiger partial charge is 0.374 e. The first-order valence-electron chi connectivity index (χ1n) is 9.78. The summed E-state index contributed by atoms with van der Waals surface area (Å²) in [6.45, 7) is -0.421. The highest BCUT2D eigenvalue weighted by atomic mass is 16.5. The zero-order valence-electron chi connectivity index (χ0n) is 16.9. The van der Waals surface area contributed by atoms with Crippen LogP contribution in [0.2, 0.25) is 0 Å². The molecule has 0 unspecified atom stereocenters. The van der Waals surface area contributed by atoms with Crippen molar-refractivity contribution in [2.24, 2.45) is 0 Å². The second kappa shape index (κ2) is 9.17. The second-order valence-electron chi connectivity index (χ2n) is 6.91. The van der Waals surface area contributed by atoms with Gasteiger partial charge in [-0.05, 0) is 35.4 Å². The molecule has 0 aliphatic rings. The third kappa shape index (κ3) is 4.75. The van der Waals surface area contributed by atoms with Gasteiger partial charge in [0.05, 0.1) is 13.2 Å². The molecule has 0 radical (unpaired) electrons. The Morgan fingerprint density at radius 3 is 2.29 bits per heavy atom. The largest absolute Gasteiger partial charge is 0.497 e. The van der Waals surface area contributed by atoms with Gasteiger partial charge in [-0.15, -0.1) is 0 Å². The lowest BCUT2D eigenvalue weighted by Crippen LogP contribution is -2.33. The molecule has 0 bridgehead atoms. The zero-order chi connectivity index (χ0) is 21.6. The van der Waals surface area contributed by atoms with Crippen molar-refractivity contribution in [2.45, 2.75) is 6.04 Å². The van der Waals surface area contributed by atoms with Gasteiger partial charge in [0.25, 0.3) is 5.91 Å². The molecule has 1 heterocycles. The number of para-hydroxylation sites is 1. The molecule has 0 aliphatic carbocycles. The first-order valence-corrected chi connectivity index (χ1v) is 9.78. The van der Waals surface area contributed by atoms with E-state index in [9.17, 15) is 9.59 Å². The number of furan rings is 1. The van der Waals surface area contributed by atoms with E-state index in [1.165, 1.54) is 0 Å². The van der Waals surface area contributed by atoms with Crippen LogP contribution < -0.4 is 10.1 Å². The van der Waals surface area contributed by atoms with Crippen LogP contribution in [0.5, 0.6) is 5.75 Å². The Hall–Kier alpha value is -4.06. The molecule has 0 fully saturated rings. The summed E-state index contributed by atoms with van der Waals surface area (Å²) >= 11 is 0. The van der Waals surface area contributed by atoms with Crippen LogP contribution in [0, 0.1) is 0 Å². The van der Waals surface area contributed by atoms with E-state index in [4.69, 9.17) is 13.9 Å². The molecule has 0 aliphatic heterocycles. The third-order valence-corrected chi connectivity index (χ3v) is 4.85. The van der Waals surface area contributed by atoms with Gasteiger partial charge in [0.2, 0.25) is 5.76 Å². The summed E-state index contributed by atoms with van der Waals surface area (Å²) in [5.41, 5.74) is 2.37. The van der Waals surface area contributed by atoms with Crippen molar-refractivity contribution in [3.63, 3.8) is 0 Å². The highest BCUT2D eigenvalue weighted by molar-refractivity contribution is 5.93. The molecule has 1 N–H and O–H groups in total. The number of carbonyl (C=O) groups is 2. The molecule has 0 spiro atoms. The fraction of sp³-hybridized carbons (Fsp3) is 0.120. The van der Waals surface area contributed by atoms with Crippen molar-refractivity contribution in [3.8, 4) is 5.75 Å². The van der Waals surface area contributed by atoms with Gasteiger partial charge in [-0.1, -0.05) is 60.7 Å². The molecule has 3 aromatic carbocycles. The number of methoxy groups -OCH3 is 1. The number of hydrogen-bond acceptors (Lipinski definition) is 5. The van der Waals surface area contributed by atoms with Crippen molar-refractivity contribution < 1.29 is 23.5 Å². The number of hydrogen-bond donors (Lipinski definition) is 1. The first kappa shape index (κ1) is 20.2. The van der Waals surface area contributed by atoms with Crippen molar-refractivity contribution in [3.05, 3.63) is 102 Å². The molecule has 0 saturated heterocycles. The van der Waals surface area contributed by atoms with E-state index >= 15 is 0 Å². The predicted molar refractivity (Wildman–Crippen MR) is 116 cm³/mol. The molecule has 156 valence electrons. The summed E-state index contributed by atoms with van der Waals surface area (Å²) < 4.78 is 15.9. The fourth-order valence-corrected chi connectivity index (χ4v) is 3.29. The van der Waals surface area contributed by atoms with E-state index in [2.05, 4.69) is 5.32 Å². The maximum absolute atomic E-state index is 12.6. The number of esters is 1. The van der Waals surface area contributed by atoms with Crippen molar-refractivity contribution in [1.29, 1.82) is 0 Å². The number of fused-ring (bicyclic) bond motifs is 1. The standard InChI is InChI=1S/C25H21NO5/c1-29-20-13-11-18(12-14-20)24(17-7-3-2-4-8-17)26-23(27)16-30-25(28)22-15-19-9-5-6-10-21(19)31-22/h2-15,24H,16H2,1H3,(H,26,27)/t24-/m0/s1. The Morgan fingerprint density at radius 1 is 0.903 bits per heavy atom. The van der Waals surface area contributed by atoms with E-state index in [0.29, 0.717) is 5.58 Å². The molecule has 6 heteroatoms. The SMILES string of the molecule is COc1ccc([C@@H](NC(=O)COC(=O)c2cc3ccccc3o2)c2ccccc2)cc1. The van der Waals surface area contributed by atoms with Crippen LogP contribution in [0.1, 0.15) is 27.7 Å². The third-order valence-electron chi connectivity index (χ3n) is 4.85. The minimum Gasteiger partial charge on any atom is -0.497 e. The Balaban J connectivity index is 1.45. The van der Waals surface area contributed by atoms with Crippen LogP contribution in [0.3, 0.4) is 0 Å². The van der Waals surface area contributed by atoms with Crippen LogP contribution in [0.25, 0.3) is 11.0 Å². The molecule has 1 aromatic heterocycles. The number of benzene rings is 3. The average Bonchev–Trinajstić information content (AvgIpc) is 3.26. The fourth-order valence-electron chi connectivity index (χ4n) is 3.29. The molecule has 4 aromatic rings. The van der Waals surface area contributed by atoms with Crippen LogP contribution in [0.15, 0.2) is 89.3 Å². The Morgan fingerprint density at radius 2 is 1.58 bits per heavy atom. The monoisotopic (exact) mass is 415 g/mol. The highest BCUT2D eigenvalue weighted by Gasteiger charge is 2.19. The topological polar surface area (TPSA) is 77.8 Å². The number of rotatable bonds is 7. The summed E-state index contributed by atoms with van der Waals surface area (Å²) in [6.07, 6.45) is 0. The number of amides is 1. The molecule has 4 rings (SSSR count). The van der Waals surface area contributed by atoms with Gasteiger partial charge in [-0.25, -0.2) is 4.79 Å². The van der Waals surface area contributed by atoms with Gasteiger partial charge in [0.1, 0.15) is 11.3 Å². The van der Waals surface area contributed by atoms with Crippen LogP contribution in [-0.2, 0) is 9.53 Å². The molecule has 0 saturated carbocycles. The number of nitrogens with one attached hydrogen (secondary N) is 1. The molecule has 1 atom stereocenters. The summed E-state index contributed by atoms with van der Waals surface area (Å²) in [5.74, 6) is -0.327. The van der Waals surface area contributed by atoms with E-state index in [-0.39, 0.29) is 5.76 Å². The summed E-state index contributed by atoms with van der Waals surface area (Å²) in [6, 6.07) is 25.5. The average molecular weight is 415 g/mol. The minimum absolute atomic E-state index is 0.0590. The normalized spacial score (nSPS) is 11.6. The van der Waals surface area contributed by atoms with Gasteiger partial charge in [-0.2, -0.15) is 0 Å². The van der Waals surface area contributed by atoms with Gasteiger partial charge >= 0.3 is 5.97 Å². The van der Waals surface area contributed by atoms with E-state index in [1.54, 1.807) is 19.2 Å². The van der Waals surface area contributed by atoms with Gasteiger partial charge in [-0.3, -0.25) is 4.79 Å². The second-order valence-corrected chi connectivity index (χ2v) is 6.91. The highest BCUT2D eigenvalue weighted by Crippen LogP contribution is 2.24. The van der Waals surface area contributed by atoms with E-state index in [0.717, 1.165) is 22.3 Å². The quantitative estimate of drug-likeness (QED) is 0.450. The Bertz CT molecular complexity index is 1150. The van der Waals surface area contributed by atoms with Crippen LogP contribution in [0.4, 0.5) is 0 Å². The summed E-state index contributed by atoms with van der Waals surface area (Å²) in [4.78, 5) is 24.9. The number of ether oxygens (including phenoxy) is 2. The maximum Gasteiger partial charge on any atom is 0.374 e. The minimum atomic E-state index is -0.688. The zero-order valence-corrected chi connectivity index (χ0v) is 16.9. The lowest BCUT2D eigenvalue weighted by molar-refractivity contribution is -0.124. The molecular formula is C25H21NO5. The van der Waals surface area contributed by atoms with Gasteiger partial charge in [0, 0.05) is 5.39 Å². The molecule has 6 nitrogen and oxygen atoms in total. The summed E-state index contributed by atoms with van der Waals surface area (Å²) in [5, 5.41) is 3.73. The Labute approximate surface area is 179 Å². The molecular weight excluding hydrogens is 394 g/mol. The van der Waals surface area contributed by atoms with Crippen LogP contribution in [-0.4, -0.2) is 25.6 Å². The molecule has 1 amide bonds. The number of carbonyl (C=O) groups excluding carboxylic acids is 2. The Kier molecular flexibility index (Phi) is 5.98. The van der Waals surface area contributed by atoms with Crippen molar-refractivity contribution in [2.75, 3.05) is 13.7 Å². The van der Waals surface area contributed by atoms with Crippen molar-refractivity contribution >= 4 is 22.8 Å². The van der Waals surface area contributed by atoms with Crippen LogP contribution >= 0.6 is 0 Å². The molecule has 31 heavy (non-hydrogen) atoms.